The fraction of sp³-hybridized carbons (Fsp3) is 0.227. The molecule has 8 heteroatoms. The van der Waals surface area contributed by atoms with Crippen LogP contribution in [0.5, 0.6) is 0 Å². The van der Waals surface area contributed by atoms with Gasteiger partial charge in [0.1, 0.15) is 0 Å². The van der Waals surface area contributed by atoms with Crippen LogP contribution in [0, 0.1) is 0 Å². The summed E-state index contributed by atoms with van der Waals surface area (Å²) in [5.74, 6) is 1.03. The summed E-state index contributed by atoms with van der Waals surface area (Å²) in [5, 5.41) is 14.1. The summed E-state index contributed by atoms with van der Waals surface area (Å²) in [5.41, 5.74) is 3.23. The number of rotatable bonds is 8. The van der Waals surface area contributed by atoms with E-state index in [-0.39, 0.29) is 5.91 Å². The quantitative estimate of drug-likeness (QED) is 0.395. The van der Waals surface area contributed by atoms with Crippen LogP contribution in [0.3, 0.4) is 0 Å². The second-order valence-corrected chi connectivity index (χ2v) is 8.19. The molecule has 0 spiro atoms. The first-order chi connectivity index (χ1) is 14.7. The van der Waals surface area contributed by atoms with Gasteiger partial charge in [0.2, 0.25) is 5.91 Å². The van der Waals surface area contributed by atoms with Crippen LogP contribution in [0.2, 0.25) is 5.02 Å². The number of H-pyrrole nitrogens is 1. The number of fused-ring (bicyclic) bond motifs is 1. The molecule has 4 rings (SSSR count). The number of hydrogen-bond donors (Lipinski definition) is 2. The van der Waals surface area contributed by atoms with E-state index in [1.54, 1.807) is 0 Å². The average molecular weight is 440 g/mol. The Hall–Kier alpha value is -2.77. The molecular formula is C22H22ClN5OS. The maximum Gasteiger partial charge on any atom is 0.230 e. The van der Waals surface area contributed by atoms with Crippen LogP contribution in [0.25, 0.3) is 22.3 Å². The zero-order valence-corrected chi connectivity index (χ0v) is 18.1. The normalized spacial score (nSPS) is 11.1. The number of benzene rings is 2. The molecule has 4 aromatic rings. The van der Waals surface area contributed by atoms with Crippen molar-refractivity contribution in [2.24, 2.45) is 0 Å². The Bertz CT molecular complexity index is 1170. The van der Waals surface area contributed by atoms with E-state index in [1.807, 2.05) is 54.1 Å². The van der Waals surface area contributed by atoms with Crippen molar-refractivity contribution in [3.63, 3.8) is 0 Å². The third-order valence-corrected chi connectivity index (χ3v) is 6.04. The van der Waals surface area contributed by atoms with Crippen molar-refractivity contribution < 1.29 is 4.79 Å². The number of aromatic nitrogens is 4. The van der Waals surface area contributed by atoms with E-state index < -0.39 is 0 Å². The van der Waals surface area contributed by atoms with Gasteiger partial charge in [-0.3, -0.25) is 4.79 Å². The summed E-state index contributed by atoms with van der Waals surface area (Å²) in [6, 6.07) is 15.7. The van der Waals surface area contributed by atoms with E-state index >= 15 is 0 Å². The molecule has 154 valence electrons. The molecule has 2 aromatic heterocycles. The topological polar surface area (TPSA) is 75.6 Å². The molecule has 6 nitrogen and oxygen atoms in total. The van der Waals surface area contributed by atoms with Crippen LogP contribution < -0.4 is 5.32 Å². The predicted molar refractivity (Wildman–Crippen MR) is 122 cm³/mol. The first-order valence-electron chi connectivity index (χ1n) is 9.79. The second kappa shape index (κ2) is 9.36. The van der Waals surface area contributed by atoms with Gasteiger partial charge in [0.05, 0.1) is 5.75 Å². The Morgan fingerprint density at radius 2 is 2.07 bits per heavy atom. The van der Waals surface area contributed by atoms with Gasteiger partial charge in [-0.25, -0.2) is 0 Å². The maximum atomic E-state index is 12.3. The lowest BCUT2D eigenvalue weighted by atomic mass is 10.1. The number of amides is 1. The molecule has 0 radical (unpaired) electrons. The smallest absolute Gasteiger partial charge is 0.230 e. The van der Waals surface area contributed by atoms with Gasteiger partial charge >= 0.3 is 0 Å². The van der Waals surface area contributed by atoms with E-state index in [4.69, 9.17) is 11.6 Å². The molecular weight excluding hydrogens is 418 g/mol. The summed E-state index contributed by atoms with van der Waals surface area (Å²) in [6.45, 7) is 3.33. The Labute approximate surface area is 184 Å². The van der Waals surface area contributed by atoms with Crippen molar-refractivity contribution in [3.05, 3.63) is 65.3 Å². The van der Waals surface area contributed by atoms with Crippen molar-refractivity contribution in [2.75, 3.05) is 12.3 Å². The molecule has 0 atom stereocenters. The molecule has 0 saturated heterocycles. The number of halogens is 1. The summed E-state index contributed by atoms with van der Waals surface area (Å²) in [7, 11) is 0. The number of aromatic amines is 1. The van der Waals surface area contributed by atoms with Gasteiger partial charge in [-0.1, -0.05) is 53.7 Å². The maximum absolute atomic E-state index is 12.3. The van der Waals surface area contributed by atoms with E-state index in [2.05, 4.69) is 32.6 Å². The predicted octanol–water partition coefficient (Wildman–Crippen LogP) is 4.55. The number of hydrogen-bond acceptors (Lipinski definition) is 4. The lowest BCUT2D eigenvalue weighted by Crippen LogP contribution is -2.27. The van der Waals surface area contributed by atoms with E-state index in [0.29, 0.717) is 23.9 Å². The summed E-state index contributed by atoms with van der Waals surface area (Å²) >= 11 is 7.49. The minimum Gasteiger partial charge on any atom is -0.361 e. The molecule has 1 amide bonds. The zero-order chi connectivity index (χ0) is 20.9. The monoisotopic (exact) mass is 439 g/mol. The Kier molecular flexibility index (Phi) is 6.40. The van der Waals surface area contributed by atoms with Crippen molar-refractivity contribution in [1.29, 1.82) is 0 Å². The second-order valence-electron chi connectivity index (χ2n) is 6.81. The van der Waals surface area contributed by atoms with Crippen molar-refractivity contribution >= 4 is 40.2 Å². The lowest BCUT2D eigenvalue weighted by molar-refractivity contribution is -0.118. The highest BCUT2D eigenvalue weighted by atomic mass is 35.5. The van der Waals surface area contributed by atoms with Crippen LogP contribution in [-0.4, -0.2) is 38.0 Å². The number of nitrogens with zero attached hydrogens (tertiary/aromatic N) is 3. The van der Waals surface area contributed by atoms with Crippen LogP contribution in [0.15, 0.2) is 59.9 Å². The molecule has 0 unspecified atom stereocenters. The van der Waals surface area contributed by atoms with E-state index in [9.17, 15) is 4.79 Å². The molecule has 0 aliphatic carbocycles. The zero-order valence-electron chi connectivity index (χ0n) is 16.6. The van der Waals surface area contributed by atoms with Crippen molar-refractivity contribution in [2.45, 2.75) is 25.0 Å². The van der Waals surface area contributed by atoms with Gasteiger partial charge < -0.3 is 14.9 Å². The SMILES string of the molecule is CCn1c(SCC(=O)NCCc2c[nH]c3ccccc23)nnc1-c1cccc(Cl)c1. The largest absolute Gasteiger partial charge is 0.361 e. The first-order valence-corrected chi connectivity index (χ1v) is 11.2. The highest BCUT2D eigenvalue weighted by molar-refractivity contribution is 7.99. The molecule has 0 aliphatic rings. The molecule has 0 aliphatic heterocycles. The number of carbonyl (C=O) groups is 1. The number of nitrogens with one attached hydrogen (secondary N) is 2. The molecule has 2 heterocycles. The van der Waals surface area contributed by atoms with Gasteiger partial charge in [-0.15, -0.1) is 10.2 Å². The lowest BCUT2D eigenvalue weighted by Gasteiger charge is -2.08. The molecule has 0 saturated carbocycles. The van der Waals surface area contributed by atoms with Crippen LogP contribution in [0.4, 0.5) is 0 Å². The minimum atomic E-state index is -0.0187. The van der Waals surface area contributed by atoms with Gasteiger partial charge in [0.15, 0.2) is 11.0 Å². The van der Waals surface area contributed by atoms with Crippen molar-refractivity contribution in [3.8, 4) is 11.4 Å². The van der Waals surface area contributed by atoms with Crippen LogP contribution in [0.1, 0.15) is 12.5 Å². The Morgan fingerprint density at radius 3 is 2.90 bits per heavy atom. The number of carbonyl (C=O) groups excluding carboxylic acids is 1. The molecule has 0 fully saturated rings. The fourth-order valence-electron chi connectivity index (χ4n) is 3.38. The standard InChI is InChI=1S/C22H22ClN5OS/c1-2-28-21(15-6-5-7-17(23)12-15)26-27-22(28)30-14-20(29)24-11-10-16-13-25-19-9-4-3-8-18(16)19/h3-9,12-13,25H,2,10-11,14H2,1H3,(H,24,29). The molecule has 30 heavy (non-hydrogen) atoms. The van der Waals surface area contributed by atoms with Gasteiger partial charge in [-0.2, -0.15) is 0 Å². The Morgan fingerprint density at radius 1 is 1.20 bits per heavy atom. The van der Waals surface area contributed by atoms with Crippen LogP contribution >= 0.6 is 23.4 Å². The van der Waals surface area contributed by atoms with Gasteiger partial charge in [-0.05, 0) is 37.1 Å². The molecule has 2 N–H and O–H groups in total. The van der Waals surface area contributed by atoms with Gasteiger partial charge in [0.25, 0.3) is 0 Å². The van der Waals surface area contributed by atoms with Gasteiger partial charge in [0, 0.05) is 40.8 Å². The third-order valence-electron chi connectivity index (χ3n) is 4.84. The number of para-hydroxylation sites is 1. The van der Waals surface area contributed by atoms with E-state index in [0.717, 1.165) is 28.5 Å². The third kappa shape index (κ3) is 4.52. The summed E-state index contributed by atoms with van der Waals surface area (Å²) in [4.78, 5) is 15.6. The number of thioether (sulfide) groups is 1. The molecule has 0 bridgehead atoms. The van der Waals surface area contributed by atoms with Crippen molar-refractivity contribution in [1.82, 2.24) is 25.1 Å². The van der Waals surface area contributed by atoms with Crippen LogP contribution in [-0.2, 0) is 17.8 Å². The first kappa shape index (κ1) is 20.5. The molecule has 2 aromatic carbocycles. The highest BCUT2D eigenvalue weighted by Gasteiger charge is 2.15. The van der Waals surface area contributed by atoms with E-state index in [1.165, 1.54) is 22.7 Å². The summed E-state index contributed by atoms with van der Waals surface area (Å²) < 4.78 is 2.00. The minimum absolute atomic E-state index is 0.0187. The average Bonchev–Trinajstić information content (AvgIpc) is 3.36. The fourth-order valence-corrected chi connectivity index (χ4v) is 4.40. The summed E-state index contributed by atoms with van der Waals surface area (Å²) in [6.07, 6.45) is 2.79. The highest BCUT2D eigenvalue weighted by Crippen LogP contribution is 2.25. The Balaban J connectivity index is 1.33.